The van der Waals surface area contributed by atoms with Crippen molar-refractivity contribution in [2.45, 2.75) is 32.2 Å². The van der Waals surface area contributed by atoms with Crippen molar-refractivity contribution in [3.63, 3.8) is 0 Å². The van der Waals surface area contributed by atoms with E-state index in [1.165, 1.54) is 5.56 Å². The molecule has 2 aromatic rings. The lowest BCUT2D eigenvalue weighted by atomic mass is 9.96. The average Bonchev–Trinajstić information content (AvgIpc) is 2.55. The SMILES string of the molecule is Cc1nc([C@H]2CCCN(Cc3cccnc3)C2)ncc1C(N)=O. The smallest absolute Gasteiger partial charge is 0.252 e. The highest BCUT2D eigenvalue weighted by molar-refractivity contribution is 5.93. The van der Waals surface area contributed by atoms with Gasteiger partial charge in [-0.1, -0.05) is 6.07 Å². The average molecular weight is 311 g/mol. The van der Waals surface area contributed by atoms with Crippen LogP contribution in [0.15, 0.2) is 30.7 Å². The van der Waals surface area contributed by atoms with Gasteiger partial charge in [0.05, 0.1) is 11.3 Å². The Kier molecular flexibility index (Phi) is 4.62. The van der Waals surface area contributed by atoms with Crippen molar-refractivity contribution in [1.29, 1.82) is 0 Å². The van der Waals surface area contributed by atoms with Crippen molar-refractivity contribution in [3.05, 3.63) is 53.4 Å². The van der Waals surface area contributed by atoms with Crippen molar-refractivity contribution < 1.29 is 4.79 Å². The lowest BCUT2D eigenvalue weighted by Gasteiger charge is -2.32. The predicted octanol–water partition coefficient (Wildman–Crippen LogP) is 1.66. The monoisotopic (exact) mass is 311 g/mol. The first kappa shape index (κ1) is 15.6. The molecule has 0 saturated carbocycles. The summed E-state index contributed by atoms with van der Waals surface area (Å²) in [7, 11) is 0. The summed E-state index contributed by atoms with van der Waals surface area (Å²) in [5.41, 5.74) is 7.59. The van der Waals surface area contributed by atoms with Gasteiger partial charge in [-0.3, -0.25) is 14.7 Å². The van der Waals surface area contributed by atoms with Gasteiger partial charge < -0.3 is 5.73 Å². The lowest BCUT2D eigenvalue weighted by Crippen LogP contribution is -2.34. The summed E-state index contributed by atoms with van der Waals surface area (Å²) in [5, 5.41) is 0. The Bertz CT molecular complexity index is 689. The van der Waals surface area contributed by atoms with Gasteiger partial charge in [0.25, 0.3) is 5.91 Å². The number of amides is 1. The Morgan fingerprint density at radius 1 is 1.43 bits per heavy atom. The van der Waals surface area contributed by atoms with Crippen LogP contribution in [0.4, 0.5) is 0 Å². The molecular formula is C17H21N5O. The van der Waals surface area contributed by atoms with Crippen LogP contribution in [0.1, 0.15) is 46.2 Å². The van der Waals surface area contributed by atoms with Crippen LogP contribution in [-0.2, 0) is 6.54 Å². The Labute approximate surface area is 135 Å². The number of aryl methyl sites for hydroxylation is 1. The second kappa shape index (κ2) is 6.83. The number of aromatic nitrogens is 3. The van der Waals surface area contributed by atoms with E-state index >= 15 is 0 Å². The normalized spacial score (nSPS) is 18.7. The first-order valence-corrected chi connectivity index (χ1v) is 7.88. The van der Waals surface area contributed by atoms with Crippen LogP contribution in [0.3, 0.4) is 0 Å². The van der Waals surface area contributed by atoms with Crippen LogP contribution in [0, 0.1) is 6.92 Å². The van der Waals surface area contributed by atoms with Crippen molar-refractivity contribution in [1.82, 2.24) is 19.9 Å². The van der Waals surface area contributed by atoms with Crippen molar-refractivity contribution in [2.24, 2.45) is 5.73 Å². The molecule has 0 radical (unpaired) electrons. The van der Waals surface area contributed by atoms with Gasteiger partial charge in [-0.05, 0) is 37.9 Å². The number of hydrogen-bond donors (Lipinski definition) is 1. The van der Waals surface area contributed by atoms with E-state index in [1.807, 2.05) is 19.2 Å². The number of nitrogens with two attached hydrogens (primary N) is 1. The zero-order valence-corrected chi connectivity index (χ0v) is 13.3. The fourth-order valence-corrected chi connectivity index (χ4v) is 3.08. The zero-order valence-electron chi connectivity index (χ0n) is 13.3. The molecule has 1 aliphatic heterocycles. The Morgan fingerprint density at radius 2 is 2.30 bits per heavy atom. The third kappa shape index (κ3) is 3.71. The molecule has 0 spiro atoms. The van der Waals surface area contributed by atoms with Crippen LogP contribution >= 0.6 is 0 Å². The molecule has 1 amide bonds. The molecule has 23 heavy (non-hydrogen) atoms. The summed E-state index contributed by atoms with van der Waals surface area (Å²) in [6, 6.07) is 4.06. The minimum atomic E-state index is -0.476. The topological polar surface area (TPSA) is 85.0 Å². The summed E-state index contributed by atoms with van der Waals surface area (Å²) in [4.78, 5) is 26.8. The largest absolute Gasteiger partial charge is 0.365 e. The second-order valence-electron chi connectivity index (χ2n) is 6.03. The molecule has 0 unspecified atom stereocenters. The molecule has 1 fully saturated rings. The van der Waals surface area contributed by atoms with Crippen molar-refractivity contribution >= 4 is 5.91 Å². The maximum Gasteiger partial charge on any atom is 0.252 e. The van der Waals surface area contributed by atoms with Gasteiger partial charge in [0.1, 0.15) is 5.82 Å². The van der Waals surface area contributed by atoms with E-state index in [2.05, 4.69) is 25.9 Å². The van der Waals surface area contributed by atoms with Crippen LogP contribution in [-0.4, -0.2) is 38.8 Å². The predicted molar refractivity (Wildman–Crippen MR) is 86.8 cm³/mol. The lowest BCUT2D eigenvalue weighted by molar-refractivity contribution is 0.0998. The van der Waals surface area contributed by atoms with Crippen LogP contribution in [0.5, 0.6) is 0 Å². The van der Waals surface area contributed by atoms with E-state index in [9.17, 15) is 4.79 Å². The summed E-state index contributed by atoms with van der Waals surface area (Å²) >= 11 is 0. The van der Waals surface area contributed by atoms with Crippen LogP contribution in [0.25, 0.3) is 0 Å². The number of primary amides is 1. The molecule has 6 nitrogen and oxygen atoms in total. The molecule has 0 bridgehead atoms. The van der Waals surface area contributed by atoms with Crippen LogP contribution < -0.4 is 5.73 Å². The molecule has 2 aromatic heterocycles. The quantitative estimate of drug-likeness (QED) is 0.928. The maximum atomic E-state index is 11.3. The number of nitrogens with zero attached hydrogens (tertiary/aromatic N) is 4. The van der Waals surface area contributed by atoms with Gasteiger partial charge in [0.2, 0.25) is 0 Å². The van der Waals surface area contributed by atoms with Gasteiger partial charge in [-0.15, -0.1) is 0 Å². The van der Waals surface area contributed by atoms with Gasteiger partial charge in [-0.25, -0.2) is 9.97 Å². The van der Waals surface area contributed by atoms with E-state index in [-0.39, 0.29) is 0 Å². The third-order valence-corrected chi connectivity index (χ3v) is 4.26. The highest BCUT2D eigenvalue weighted by Gasteiger charge is 2.24. The van der Waals surface area contributed by atoms with E-state index in [4.69, 9.17) is 5.73 Å². The molecule has 1 atom stereocenters. The molecule has 1 saturated heterocycles. The first-order valence-electron chi connectivity index (χ1n) is 7.88. The number of piperidine rings is 1. The fourth-order valence-electron chi connectivity index (χ4n) is 3.08. The molecule has 1 aliphatic rings. The Hall–Kier alpha value is -2.34. The number of pyridine rings is 1. The minimum absolute atomic E-state index is 0.293. The number of carbonyl (C=O) groups excluding carboxylic acids is 1. The molecule has 0 aromatic carbocycles. The van der Waals surface area contributed by atoms with Crippen molar-refractivity contribution in [2.75, 3.05) is 13.1 Å². The van der Waals surface area contributed by atoms with E-state index in [1.54, 1.807) is 12.4 Å². The Balaban J connectivity index is 1.71. The maximum absolute atomic E-state index is 11.3. The molecule has 2 N–H and O–H groups in total. The van der Waals surface area contributed by atoms with Crippen molar-refractivity contribution in [3.8, 4) is 0 Å². The second-order valence-corrected chi connectivity index (χ2v) is 6.03. The highest BCUT2D eigenvalue weighted by atomic mass is 16.1. The first-order chi connectivity index (χ1) is 11.1. The number of hydrogen-bond acceptors (Lipinski definition) is 5. The zero-order chi connectivity index (χ0) is 16.2. The summed E-state index contributed by atoms with van der Waals surface area (Å²) in [5.74, 6) is 0.625. The minimum Gasteiger partial charge on any atom is -0.365 e. The van der Waals surface area contributed by atoms with Gasteiger partial charge >= 0.3 is 0 Å². The highest BCUT2D eigenvalue weighted by Crippen LogP contribution is 2.25. The van der Waals surface area contributed by atoms with E-state index < -0.39 is 5.91 Å². The molecule has 3 heterocycles. The van der Waals surface area contributed by atoms with Gasteiger partial charge in [0, 0.05) is 37.6 Å². The molecule has 3 rings (SSSR count). The standard InChI is InChI=1S/C17H21N5O/c1-12-15(16(18)23)9-20-17(21-12)14-5-3-7-22(11-14)10-13-4-2-6-19-8-13/h2,4,6,8-9,14H,3,5,7,10-11H2,1H3,(H2,18,23)/t14-/m0/s1. The molecule has 0 aliphatic carbocycles. The fraction of sp³-hybridized carbons (Fsp3) is 0.412. The van der Waals surface area contributed by atoms with Crippen LogP contribution in [0.2, 0.25) is 0 Å². The number of carbonyl (C=O) groups is 1. The van der Waals surface area contributed by atoms with E-state index in [0.717, 1.165) is 38.3 Å². The summed E-state index contributed by atoms with van der Waals surface area (Å²) < 4.78 is 0. The Morgan fingerprint density at radius 3 is 3.00 bits per heavy atom. The number of likely N-dealkylation sites (tertiary alicyclic amines) is 1. The molecular weight excluding hydrogens is 290 g/mol. The van der Waals surface area contributed by atoms with E-state index in [0.29, 0.717) is 17.2 Å². The summed E-state index contributed by atoms with van der Waals surface area (Å²) in [6.45, 7) is 4.69. The molecule has 120 valence electrons. The van der Waals surface area contributed by atoms with Gasteiger partial charge in [0.15, 0.2) is 0 Å². The summed E-state index contributed by atoms with van der Waals surface area (Å²) in [6.07, 6.45) is 7.44. The number of rotatable bonds is 4. The molecule has 6 heteroatoms. The third-order valence-electron chi connectivity index (χ3n) is 4.26. The van der Waals surface area contributed by atoms with Gasteiger partial charge in [-0.2, -0.15) is 0 Å².